The standard InChI is InChI=1S/C23H24ClN3O3S/c1-15-5-2-3-7-19(15)26-23-27(14-18-6-4-12-30-18)22(29)20(31-23)13-21(28)25-17-10-8-16(24)9-11-17/h2-3,5,7-11,18,20H,4,6,12-14H2,1H3,(H,25,28). The summed E-state index contributed by atoms with van der Waals surface area (Å²) in [7, 11) is 0. The Hall–Kier alpha value is -2.35. The summed E-state index contributed by atoms with van der Waals surface area (Å²) in [6.07, 6.45) is 2.00. The molecule has 8 heteroatoms. The molecule has 2 heterocycles. The zero-order valence-electron chi connectivity index (χ0n) is 17.2. The molecule has 2 aromatic rings. The van der Waals surface area contributed by atoms with E-state index in [1.54, 1.807) is 29.2 Å². The number of para-hydroxylation sites is 1. The summed E-state index contributed by atoms with van der Waals surface area (Å²) >= 11 is 7.24. The number of halogens is 1. The number of benzene rings is 2. The molecule has 4 rings (SSSR count). The number of hydrogen-bond donors (Lipinski definition) is 1. The molecule has 31 heavy (non-hydrogen) atoms. The van der Waals surface area contributed by atoms with Crippen LogP contribution in [0.25, 0.3) is 0 Å². The largest absolute Gasteiger partial charge is 0.376 e. The summed E-state index contributed by atoms with van der Waals surface area (Å²) in [5.41, 5.74) is 2.50. The molecular formula is C23H24ClN3O3S. The number of amidine groups is 1. The highest BCUT2D eigenvalue weighted by molar-refractivity contribution is 8.15. The molecule has 162 valence electrons. The van der Waals surface area contributed by atoms with Crippen LogP contribution < -0.4 is 5.32 Å². The van der Waals surface area contributed by atoms with Crippen LogP contribution in [0, 0.1) is 6.92 Å². The highest BCUT2D eigenvalue weighted by Gasteiger charge is 2.40. The van der Waals surface area contributed by atoms with Gasteiger partial charge in [0.1, 0.15) is 5.25 Å². The number of nitrogens with one attached hydrogen (secondary N) is 1. The summed E-state index contributed by atoms with van der Waals surface area (Å²) in [5.74, 6) is -0.318. The van der Waals surface area contributed by atoms with E-state index in [-0.39, 0.29) is 24.3 Å². The van der Waals surface area contributed by atoms with Gasteiger partial charge in [0.25, 0.3) is 0 Å². The van der Waals surface area contributed by atoms with Crippen molar-refractivity contribution < 1.29 is 14.3 Å². The first-order chi connectivity index (χ1) is 15.0. The lowest BCUT2D eigenvalue weighted by Crippen LogP contribution is -2.38. The third kappa shape index (κ3) is 5.47. The van der Waals surface area contributed by atoms with Gasteiger partial charge < -0.3 is 10.1 Å². The van der Waals surface area contributed by atoms with Gasteiger partial charge in [0.05, 0.1) is 18.3 Å². The Morgan fingerprint density at radius 3 is 2.74 bits per heavy atom. The molecule has 2 aliphatic heterocycles. The van der Waals surface area contributed by atoms with Crippen LogP contribution in [0.5, 0.6) is 0 Å². The van der Waals surface area contributed by atoms with Crippen LogP contribution in [0.3, 0.4) is 0 Å². The van der Waals surface area contributed by atoms with Gasteiger partial charge in [-0.1, -0.05) is 41.6 Å². The first-order valence-electron chi connectivity index (χ1n) is 10.3. The number of thioether (sulfide) groups is 1. The third-order valence-electron chi connectivity index (χ3n) is 5.26. The summed E-state index contributed by atoms with van der Waals surface area (Å²) in [6, 6.07) is 14.7. The fourth-order valence-corrected chi connectivity index (χ4v) is 4.88. The van der Waals surface area contributed by atoms with E-state index in [4.69, 9.17) is 21.3 Å². The molecule has 0 bridgehead atoms. The Balaban J connectivity index is 1.50. The predicted octanol–water partition coefficient (Wildman–Crippen LogP) is 4.79. The molecule has 0 spiro atoms. The molecule has 0 aromatic heterocycles. The summed E-state index contributed by atoms with van der Waals surface area (Å²) in [5, 5.41) is 3.54. The van der Waals surface area contributed by atoms with Gasteiger partial charge in [-0.05, 0) is 55.7 Å². The second kappa shape index (κ2) is 9.85. The van der Waals surface area contributed by atoms with Gasteiger partial charge in [-0.15, -0.1) is 0 Å². The molecule has 2 amide bonds. The molecule has 2 aromatic carbocycles. The Kier molecular flexibility index (Phi) is 6.95. The molecule has 0 saturated carbocycles. The fraction of sp³-hybridized carbons (Fsp3) is 0.348. The Labute approximate surface area is 191 Å². The lowest BCUT2D eigenvalue weighted by molar-refractivity contribution is -0.129. The van der Waals surface area contributed by atoms with Crippen molar-refractivity contribution in [3.05, 3.63) is 59.1 Å². The highest BCUT2D eigenvalue weighted by Crippen LogP contribution is 2.33. The van der Waals surface area contributed by atoms with Crippen molar-refractivity contribution in [2.45, 2.75) is 37.5 Å². The maximum atomic E-state index is 13.2. The topological polar surface area (TPSA) is 71.0 Å². The maximum Gasteiger partial charge on any atom is 0.242 e. The molecule has 1 N–H and O–H groups in total. The van der Waals surface area contributed by atoms with Crippen LogP contribution in [0.2, 0.25) is 5.02 Å². The zero-order valence-corrected chi connectivity index (χ0v) is 18.8. The molecule has 2 aliphatic rings. The van der Waals surface area contributed by atoms with Crippen molar-refractivity contribution in [2.75, 3.05) is 18.5 Å². The highest BCUT2D eigenvalue weighted by atomic mass is 35.5. The van der Waals surface area contributed by atoms with Gasteiger partial charge in [-0.2, -0.15) is 0 Å². The second-order valence-corrected chi connectivity index (χ2v) is 9.24. The normalized spacial score (nSPS) is 22.3. The van der Waals surface area contributed by atoms with Crippen molar-refractivity contribution in [3.8, 4) is 0 Å². The van der Waals surface area contributed by atoms with E-state index in [1.807, 2.05) is 31.2 Å². The van der Waals surface area contributed by atoms with Crippen LogP contribution in [0.4, 0.5) is 11.4 Å². The summed E-state index contributed by atoms with van der Waals surface area (Å²) < 4.78 is 5.74. The molecule has 0 aliphatic carbocycles. The summed E-state index contributed by atoms with van der Waals surface area (Å²) in [6.45, 7) is 3.17. The van der Waals surface area contributed by atoms with Crippen LogP contribution in [-0.4, -0.2) is 46.4 Å². The quantitative estimate of drug-likeness (QED) is 0.677. The molecule has 6 nitrogen and oxygen atoms in total. The van der Waals surface area contributed by atoms with E-state index in [1.165, 1.54) is 11.8 Å². The number of hydrogen-bond acceptors (Lipinski definition) is 5. The number of ether oxygens (including phenoxy) is 1. The number of aryl methyl sites for hydroxylation is 1. The number of aliphatic imine (C=N–C) groups is 1. The average Bonchev–Trinajstić information content (AvgIpc) is 3.36. The maximum absolute atomic E-state index is 13.2. The number of carbonyl (C=O) groups is 2. The Morgan fingerprint density at radius 2 is 2.03 bits per heavy atom. The molecule has 2 saturated heterocycles. The average molecular weight is 458 g/mol. The SMILES string of the molecule is Cc1ccccc1N=C1SC(CC(=O)Nc2ccc(Cl)cc2)C(=O)N1CC1CCCO1. The van der Waals surface area contributed by atoms with Crippen LogP contribution in [0.1, 0.15) is 24.8 Å². The minimum Gasteiger partial charge on any atom is -0.376 e. The lowest BCUT2D eigenvalue weighted by atomic mass is 10.2. The Morgan fingerprint density at radius 1 is 1.26 bits per heavy atom. The number of rotatable bonds is 6. The minimum atomic E-state index is -0.517. The van der Waals surface area contributed by atoms with E-state index < -0.39 is 5.25 Å². The van der Waals surface area contributed by atoms with Gasteiger partial charge >= 0.3 is 0 Å². The lowest BCUT2D eigenvalue weighted by Gasteiger charge is -2.20. The van der Waals surface area contributed by atoms with Gasteiger partial charge in [0.2, 0.25) is 11.8 Å². The number of anilines is 1. The van der Waals surface area contributed by atoms with Gasteiger partial charge in [-0.3, -0.25) is 14.5 Å². The van der Waals surface area contributed by atoms with E-state index in [9.17, 15) is 9.59 Å². The first kappa shape index (κ1) is 21.9. The monoisotopic (exact) mass is 457 g/mol. The van der Waals surface area contributed by atoms with E-state index in [2.05, 4.69) is 5.32 Å². The number of carbonyl (C=O) groups excluding carboxylic acids is 2. The van der Waals surface area contributed by atoms with Crippen LogP contribution in [0.15, 0.2) is 53.5 Å². The van der Waals surface area contributed by atoms with Crippen LogP contribution in [-0.2, 0) is 14.3 Å². The number of nitrogens with zero attached hydrogens (tertiary/aromatic N) is 2. The van der Waals surface area contributed by atoms with Gasteiger partial charge in [-0.25, -0.2) is 4.99 Å². The van der Waals surface area contributed by atoms with Crippen molar-refractivity contribution >= 4 is 51.7 Å². The smallest absolute Gasteiger partial charge is 0.242 e. The predicted molar refractivity (Wildman–Crippen MR) is 125 cm³/mol. The third-order valence-corrected chi connectivity index (χ3v) is 6.69. The van der Waals surface area contributed by atoms with E-state index in [0.717, 1.165) is 30.7 Å². The molecular weight excluding hydrogens is 434 g/mol. The summed E-state index contributed by atoms with van der Waals surface area (Å²) in [4.78, 5) is 32.2. The second-order valence-electron chi connectivity index (χ2n) is 7.63. The van der Waals surface area contributed by atoms with Crippen molar-refractivity contribution in [1.82, 2.24) is 4.90 Å². The minimum absolute atomic E-state index is 0.00765. The Bertz CT molecular complexity index is 990. The van der Waals surface area contributed by atoms with Gasteiger partial charge in [0, 0.05) is 23.7 Å². The van der Waals surface area contributed by atoms with E-state index in [0.29, 0.717) is 22.4 Å². The van der Waals surface area contributed by atoms with Gasteiger partial charge in [0.15, 0.2) is 5.17 Å². The van der Waals surface area contributed by atoms with Crippen molar-refractivity contribution in [3.63, 3.8) is 0 Å². The van der Waals surface area contributed by atoms with E-state index >= 15 is 0 Å². The molecule has 2 atom stereocenters. The van der Waals surface area contributed by atoms with Crippen molar-refractivity contribution in [2.24, 2.45) is 4.99 Å². The van der Waals surface area contributed by atoms with Crippen molar-refractivity contribution in [1.29, 1.82) is 0 Å². The fourth-order valence-electron chi connectivity index (χ4n) is 3.59. The molecule has 2 fully saturated rings. The molecule has 2 unspecified atom stereocenters. The van der Waals surface area contributed by atoms with Crippen LogP contribution >= 0.6 is 23.4 Å². The first-order valence-corrected chi connectivity index (χ1v) is 11.5. The number of amides is 2. The molecule has 0 radical (unpaired) electrons. The zero-order chi connectivity index (χ0) is 21.8.